The molecule has 2 aromatic heterocycles. The summed E-state index contributed by atoms with van der Waals surface area (Å²) in [5, 5.41) is 0. The van der Waals surface area contributed by atoms with E-state index in [2.05, 4.69) is 4.98 Å². The second-order valence-electron chi connectivity index (χ2n) is 6.52. The summed E-state index contributed by atoms with van der Waals surface area (Å²) >= 11 is 7.36. The molecule has 0 atom stereocenters. The van der Waals surface area contributed by atoms with Crippen molar-refractivity contribution in [2.75, 3.05) is 7.05 Å². The van der Waals surface area contributed by atoms with Crippen LogP contribution in [0.25, 0.3) is 16.0 Å². The van der Waals surface area contributed by atoms with Crippen LogP contribution in [-0.4, -0.2) is 33.3 Å². The number of rotatable bonds is 3. The molecule has 0 radical (unpaired) electrons. The topological polar surface area (TPSA) is 37.6 Å². The molecule has 0 N–H and O–H groups in total. The van der Waals surface area contributed by atoms with Gasteiger partial charge in [0, 0.05) is 25.2 Å². The third kappa shape index (κ3) is 2.70. The fourth-order valence-electron chi connectivity index (χ4n) is 3.55. The van der Waals surface area contributed by atoms with Crippen LogP contribution in [0.1, 0.15) is 47.3 Å². The first-order chi connectivity index (χ1) is 11.7. The average molecular weight is 362 g/mol. The van der Waals surface area contributed by atoms with Crippen LogP contribution in [-0.2, 0) is 5.88 Å². The molecule has 1 aliphatic carbocycles. The van der Waals surface area contributed by atoms with Gasteiger partial charge in [-0.3, -0.25) is 9.20 Å². The van der Waals surface area contributed by atoms with Crippen molar-refractivity contribution in [3.05, 3.63) is 34.8 Å². The first-order valence-electron chi connectivity index (χ1n) is 8.41. The highest BCUT2D eigenvalue weighted by atomic mass is 35.5. The number of imidazole rings is 1. The van der Waals surface area contributed by atoms with Crippen LogP contribution in [0.2, 0.25) is 0 Å². The van der Waals surface area contributed by atoms with Gasteiger partial charge < -0.3 is 4.90 Å². The average Bonchev–Trinajstić information content (AvgIpc) is 3.18. The number of hydrogen-bond donors (Lipinski definition) is 0. The van der Waals surface area contributed by atoms with E-state index in [0.717, 1.165) is 39.3 Å². The normalized spacial score (nSPS) is 16.1. The molecule has 126 valence electrons. The monoisotopic (exact) mass is 361 g/mol. The number of halogens is 1. The third-order valence-corrected chi connectivity index (χ3v) is 6.26. The number of hydrogen-bond acceptors (Lipinski definition) is 3. The third-order valence-electron chi connectivity index (χ3n) is 4.98. The smallest absolute Gasteiger partial charge is 0.265 e. The molecule has 4 nitrogen and oxygen atoms in total. The molecule has 1 fully saturated rings. The zero-order valence-electron chi connectivity index (χ0n) is 13.7. The summed E-state index contributed by atoms with van der Waals surface area (Å²) in [6.45, 7) is 0. The van der Waals surface area contributed by atoms with Crippen LogP contribution < -0.4 is 0 Å². The summed E-state index contributed by atoms with van der Waals surface area (Å²) in [4.78, 5) is 21.0. The van der Waals surface area contributed by atoms with Crippen molar-refractivity contribution in [1.29, 1.82) is 0 Å². The molecule has 3 aromatic rings. The maximum absolute atomic E-state index is 12.8. The zero-order chi connectivity index (χ0) is 16.7. The molecule has 0 spiro atoms. The number of fused-ring (bicyclic) bond motifs is 3. The van der Waals surface area contributed by atoms with E-state index >= 15 is 0 Å². The van der Waals surface area contributed by atoms with E-state index in [-0.39, 0.29) is 5.91 Å². The molecule has 0 bridgehead atoms. The van der Waals surface area contributed by atoms with E-state index < -0.39 is 0 Å². The van der Waals surface area contributed by atoms with Gasteiger partial charge in [0.05, 0.1) is 11.0 Å². The lowest BCUT2D eigenvalue weighted by molar-refractivity contribution is 0.0701. The van der Waals surface area contributed by atoms with Gasteiger partial charge in [-0.1, -0.05) is 36.7 Å². The minimum Gasteiger partial charge on any atom is -0.338 e. The van der Waals surface area contributed by atoms with Gasteiger partial charge in [0.2, 0.25) is 0 Å². The Kier molecular flexibility index (Phi) is 4.22. The van der Waals surface area contributed by atoms with Gasteiger partial charge in [0.1, 0.15) is 4.88 Å². The molecule has 1 saturated carbocycles. The number of benzene rings is 1. The van der Waals surface area contributed by atoms with E-state index in [1.54, 1.807) is 0 Å². The van der Waals surface area contributed by atoms with Crippen molar-refractivity contribution in [1.82, 2.24) is 14.3 Å². The minimum atomic E-state index is 0.114. The first-order valence-corrected chi connectivity index (χ1v) is 9.76. The van der Waals surface area contributed by atoms with Crippen molar-refractivity contribution < 1.29 is 4.79 Å². The predicted octanol–water partition coefficient (Wildman–Crippen LogP) is 4.69. The number of aromatic nitrogens is 2. The molecule has 1 aromatic carbocycles. The molecule has 24 heavy (non-hydrogen) atoms. The molecule has 4 rings (SSSR count). The van der Waals surface area contributed by atoms with E-state index in [1.807, 2.05) is 40.7 Å². The highest BCUT2D eigenvalue weighted by molar-refractivity contribution is 7.18. The second-order valence-corrected chi connectivity index (χ2v) is 7.80. The number of amides is 1. The van der Waals surface area contributed by atoms with Crippen LogP contribution in [0.5, 0.6) is 0 Å². The van der Waals surface area contributed by atoms with Crippen molar-refractivity contribution in [2.45, 2.75) is 44.0 Å². The van der Waals surface area contributed by atoms with Gasteiger partial charge in [-0.05, 0) is 30.5 Å². The lowest BCUT2D eigenvalue weighted by atomic mass is 9.94. The summed E-state index contributed by atoms with van der Waals surface area (Å²) in [7, 11) is 1.94. The van der Waals surface area contributed by atoms with E-state index in [1.165, 1.54) is 30.6 Å². The highest BCUT2D eigenvalue weighted by Crippen LogP contribution is 2.28. The summed E-state index contributed by atoms with van der Waals surface area (Å²) < 4.78 is 2.01. The maximum Gasteiger partial charge on any atom is 0.265 e. The summed E-state index contributed by atoms with van der Waals surface area (Å²) in [5.74, 6) is 0.597. The molecule has 2 heterocycles. The number of carbonyl (C=O) groups is 1. The van der Waals surface area contributed by atoms with E-state index in [9.17, 15) is 4.79 Å². The predicted molar refractivity (Wildman–Crippen MR) is 99.1 cm³/mol. The Hall–Kier alpha value is -1.59. The number of alkyl halides is 1. The minimum absolute atomic E-state index is 0.114. The first kappa shape index (κ1) is 15.9. The molecule has 6 heteroatoms. The fourth-order valence-corrected chi connectivity index (χ4v) is 4.70. The molecule has 0 aliphatic heterocycles. The van der Waals surface area contributed by atoms with Crippen molar-refractivity contribution in [3.8, 4) is 0 Å². The SMILES string of the molecule is CN(C(=O)c1cn2c(nc3cc(CCl)ccc32)s1)C1CCCCC1. The molecular weight excluding hydrogens is 342 g/mol. The Balaban J connectivity index is 1.66. The quantitative estimate of drug-likeness (QED) is 0.634. The lowest BCUT2D eigenvalue weighted by Crippen LogP contribution is -2.37. The Morgan fingerprint density at radius 3 is 2.92 bits per heavy atom. The van der Waals surface area contributed by atoms with Crippen molar-refractivity contribution >= 4 is 44.8 Å². The van der Waals surface area contributed by atoms with Gasteiger partial charge in [0.15, 0.2) is 4.96 Å². The standard InChI is InChI=1S/C18H20ClN3OS/c1-21(13-5-3-2-4-6-13)17(23)16-11-22-15-8-7-12(10-19)9-14(15)20-18(22)24-16/h7-9,11,13H,2-6,10H2,1H3. The molecular formula is C18H20ClN3OS. The summed E-state index contributed by atoms with van der Waals surface area (Å²) in [6, 6.07) is 6.43. The van der Waals surface area contributed by atoms with Crippen LogP contribution in [0.3, 0.4) is 0 Å². The van der Waals surface area contributed by atoms with E-state index in [4.69, 9.17) is 11.6 Å². The summed E-state index contributed by atoms with van der Waals surface area (Å²) in [5.41, 5.74) is 3.01. The number of nitrogens with zero attached hydrogens (tertiary/aromatic N) is 3. The Morgan fingerprint density at radius 2 is 2.17 bits per heavy atom. The maximum atomic E-state index is 12.8. The largest absolute Gasteiger partial charge is 0.338 e. The van der Waals surface area contributed by atoms with E-state index in [0.29, 0.717) is 11.9 Å². The van der Waals surface area contributed by atoms with Crippen LogP contribution in [0.15, 0.2) is 24.4 Å². The van der Waals surface area contributed by atoms with Crippen LogP contribution in [0.4, 0.5) is 0 Å². The second kappa shape index (κ2) is 6.37. The van der Waals surface area contributed by atoms with Gasteiger partial charge in [-0.25, -0.2) is 4.98 Å². The van der Waals surface area contributed by atoms with Crippen molar-refractivity contribution in [2.24, 2.45) is 0 Å². The number of carbonyl (C=O) groups excluding carboxylic acids is 1. The number of thiazole rings is 1. The highest BCUT2D eigenvalue weighted by Gasteiger charge is 2.25. The molecule has 1 amide bonds. The van der Waals surface area contributed by atoms with Crippen molar-refractivity contribution in [3.63, 3.8) is 0 Å². The van der Waals surface area contributed by atoms with Gasteiger partial charge in [-0.2, -0.15) is 0 Å². The zero-order valence-corrected chi connectivity index (χ0v) is 15.2. The van der Waals surface area contributed by atoms with Gasteiger partial charge in [0.25, 0.3) is 5.91 Å². The fraction of sp³-hybridized carbons (Fsp3) is 0.444. The Morgan fingerprint density at radius 1 is 1.38 bits per heavy atom. The van der Waals surface area contributed by atoms with Gasteiger partial charge >= 0.3 is 0 Å². The Labute approximate surface area is 150 Å². The molecule has 1 aliphatic rings. The van der Waals surface area contributed by atoms with Crippen LogP contribution >= 0.6 is 22.9 Å². The Bertz CT molecular complexity index is 894. The molecule has 0 unspecified atom stereocenters. The van der Waals surface area contributed by atoms with Gasteiger partial charge in [-0.15, -0.1) is 11.6 Å². The van der Waals surface area contributed by atoms with Crippen LogP contribution in [0, 0.1) is 0 Å². The lowest BCUT2D eigenvalue weighted by Gasteiger charge is -2.30. The summed E-state index contributed by atoms with van der Waals surface area (Å²) in [6.07, 6.45) is 7.91. The molecule has 0 saturated heterocycles.